The minimum absolute atomic E-state index is 0.0106. The molecule has 1 saturated carbocycles. The average Bonchev–Trinajstić information content (AvgIpc) is 3.41. The van der Waals surface area contributed by atoms with Crippen LogP contribution in [0, 0.1) is 29.1 Å². The van der Waals surface area contributed by atoms with Crippen molar-refractivity contribution in [2.24, 2.45) is 17.3 Å². The van der Waals surface area contributed by atoms with Crippen LogP contribution in [0.5, 0.6) is 0 Å². The lowest BCUT2D eigenvalue weighted by Gasteiger charge is -2.40. The first-order chi connectivity index (χ1) is 21.4. The second-order valence-corrected chi connectivity index (χ2v) is 13.7. The summed E-state index contributed by atoms with van der Waals surface area (Å²) in [6, 6.07) is 7.76. The SMILES string of the molecule is CC1(C)C(=O)[C@H](CC#CCCCC(=O)O)[C@@H](C=CC(CCc2sc3ccccc3c2Cl)OC2O[C@H](CO)[C@@H](O)[C@H](O)[C@H]2O)[C@@H]1O. The predicted molar refractivity (Wildman–Crippen MR) is 169 cm³/mol. The van der Waals surface area contributed by atoms with Crippen LogP contribution < -0.4 is 0 Å². The molecule has 0 bridgehead atoms. The van der Waals surface area contributed by atoms with Gasteiger partial charge >= 0.3 is 5.97 Å². The van der Waals surface area contributed by atoms with Gasteiger partial charge in [-0.1, -0.05) is 55.8 Å². The summed E-state index contributed by atoms with van der Waals surface area (Å²) < 4.78 is 12.8. The Morgan fingerprint density at radius 2 is 1.89 bits per heavy atom. The number of aliphatic carboxylic acids is 1. The summed E-state index contributed by atoms with van der Waals surface area (Å²) in [5.74, 6) is 3.68. The number of benzene rings is 1. The van der Waals surface area contributed by atoms with Crippen molar-refractivity contribution in [1.82, 2.24) is 0 Å². The number of hydrogen-bond donors (Lipinski definition) is 6. The first-order valence-corrected chi connectivity index (χ1v) is 16.3. The van der Waals surface area contributed by atoms with Crippen LogP contribution in [0.15, 0.2) is 36.4 Å². The number of aliphatic hydroxyl groups is 5. The number of Topliss-reactive ketones (excluding diaryl/α,β-unsaturated/α-hetero) is 1. The molecule has 2 heterocycles. The van der Waals surface area contributed by atoms with Gasteiger partial charge in [0.25, 0.3) is 0 Å². The lowest BCUT2D eigenvalue weighted by atomic mass is 9.86. The van der Waals surface area contributed by atoms with Gasteiger partial charge in [0.05, 0.1) is 29.3 Å². The standard InChI is InChI=1S/C33H41ClO10S/c1-33(2)30(41)19(9-5-3-4-6-12-25(36)37)20(31(33)42)15-13-18(43-32-29(40)28(39)27(38)22(17-35)44-32)14-16-24-26(34)21-10-7-8-11-23(21)45-24/h7-8,10-11,13,15,18-20,22,27-29,31-32,35,38-40,42H,4,6,9,12,14,16-17H2,1-2H3,(H,36,37)/t18?,19-,20-,22-,27-,28+,29-,31+,32?/m1/s1. The zero-order valence-corrected chi connectivity index (χ0v) is 26.8. The monoisotopic (exact) mass is 664 g/mol. The number of aliphatic hydroxyl groups excluding tert-OH is 5. The summed E-state index contributed by atoms with van der Waals surface area (Å²) in [6.45, 7) is 2.77. The second kappa shape index (κ2) is 15.5. The third-order valence-corrected chi connectivity index (χ3v) is 10.4. The Balaban J connectivity index is 1.56. The number of halogens is 1. The number of carbonyl (C=O) groups excluding carboxylic acids is 1. The molecule has 0 radical (unpaired) electrons. The minimum atomic E-state index is -1.61. The molecule has 246 valence electrons. The van der Waals surface area contributed by atoms with Gasteiger partial charge in [-0.3, -0.25) is 9.59 Å². The minimum Gasteiger partial charge on any atom is -0.481 e. The highest BCUT2D eigenvalue weighted by atomic mass is 35.5. The molecule has 9 atom stereocenters. The van der Waals surface area contributed by atoms with Gasteiger partial charge in [0.1, 0.15) is 30.2 Å². The van der Waals surface area contributed by atoms with Crippen LogP contribution in [0.2, 0.25) is 5.02 Å². The summed E-state index contributed by atoms with van der Waals surface area (Å²) in [4.78, 5) is 25.0. The zero-order chi connectivity index (χ0) is 32.9. The number of rotatable bonds is 12. The van der Waals surface area contributed by atoms with Crippen LogP contribution in [0.3, 0.4) is 0 Å². The number of carbonyl (C=O) groups is 2. The molecular weight excluding hydrogens is 624 g/mol. The molecule has 1 aliphatic heterocycles. The molecule has 2 unspecified atom stereocenters. The Morgan fingerprint density at radius 3 is 2.58 bits per heavy atom. The van der Waals surface area contributed by atoms with E-state index < -0.39 is 72.7 Å². The van der Waals surface area contributed by atoms with Crippen molar-refractivity contribution in [1.29, 1.82) is 0 Å². The summed E-state index contributed by atoms with van der Waals surface area (Å²) in [5.41, 5.74) is -1.02. The maximum atomic E-state index is 13.3. The molecule has 1 aromatic heterocycles. The molecule has 1 saturated heterocycles. The van der Waals surface area contributed by atoms with Crippen molar-refractivity contribution in [2.75, 3.05) is 6.61 Å². The summed E-state index contributed by atoms with van der Waals surface area (Å²) in [7, 11) is 0. The Kier molecular flexibility index (Phi) is 12.2. The normalized spacial score (nSPS) is 30.4. The highest BCUT2D eigenvalue weighted by Gasteiger charge is 2.53. The van der Waals surface area contributed by atoms with Gasteiger partial charge in [0.2, 0.25) is 0 Å². The fourth-order valence-corrected chi connectivity index (χ4v) is 7.42. The van der Waals surface area contributed by atoms with E-state index in [1.54, 1.807) is 37.3 Å². The molecule has 1 aliphatic carbocycles. The Labute approximate surface area is 271 Å². The van der Waals surface area contributed by atoms with Crippen molar-refractivity contribution in [2.45, 2.75) is 95.3 Å². The van der Waals surface area contributed by atoms with E-state index in [4.69, 9.17) is 26.2 Å². The zero-order valence-electron chi connectivity index (χ0n) is 25.2. The second-order valence-electron chi connectivity index (χ2n) is 12.2. The number of unbranched alkanes of at least 4 members (excludes halogenated alkanes) is 1. The van der Waals surface area contributed by atoms with E-state index in [0.717, 1.165) is 15.0 Å². The molecule has 4 rings (SSSR count). The van der Waals surface area contributed by atoms with Gasteiger partial charge in [-0.25, -0.2) is 0 Å². The van der Waals surface area contributed by atoms with E-state index in [9.17, 15) is 35.1 Å². The van der Waals surface area contributed by atoms with Gasteiger partial charge in [0, 0.05) is 46.1 Å². The first-order valence-electron chi connectivity index (χ1n) is 15.1. The predicted octanol–water partition coefficient (Wildman–Crippen LogP) is 3.08. The molecule has 2 aliphatic rings. The molecule has 2 aromatic rings. The molecule has 0 spiro atoms. The average molecular weight is 665 g/mol. The largest absolute Gasteiger partial charge is 0.481 e. The van der Waals surface area contributed by atoms with Crippen molar-refractivity contribution in [3.05, 3.63) is 46.3 Å². The van der Waals surface area contributed by atoms with E-state index in [2.05, 4.69) is 11.8 Å². The van der Waals surface area contributed by atoms with E-state index >= 15 is 0 Å². The molecule has 2 fully saturated rings. The van der Waals surface area contributed by atoms with E-state index in [1.807, 2.05) is 24.3 Å². The molecule has 12 heteroatoms. The van der Waals surface area contributed by atoms with Crippen LogP contribution in [-0.2, 0) is 25.5 Å². The Hall–Kier alpha value is -2.37. The fraction of sp³-hybridized carbons (Fsp3) is 0.576. The smallest absolute Gasteiger partial charge is 0.303 e. The molecule has 45 heavy (non-hydrogen) atoms. The van der Waals surface area contributed by atoms with Crippen molar-refractivity contribution >= 4 is 44.8 Å². The van der Waals surface area contributed by atoms with Crippen LogP contribution in [0.1, 0.15) is 50.8 Å². The number of thiophene rings is 1. The number of fused-ring (bicyclic) bond motifs is 1. The van der Waals surface area contributed by atoms with E-state index in [1.165, 1.54) is 0 Å². The lowest BCUT2D eigenvalue weighted by molar-refractivity contribution is -0.307. The Morgan fingerprint density at radius 1 is 1.16 bits per heavy atom. The maximum absolute atomic E-state index is 13.3. The molecule has 1 aromatic carbocycles. The van der Waals surface area contributed by atoms with Gasteiger partial charge in [-0.05, 0) is 25.3 Å². The van der Waals surface area contributed by atoms with Crippen LogP contribution >= 0.6 is 22.9 Å². The van der Waals surface area contributed by atoms with Crippen molar-refractivity contribution in [3.8, 4) is 11.8 Å². The number of hydrogen-bond acceptors (Lipinski definition) is 10. The topological polar surface area (TPSA) is 174 Å². The highest BCUT2D eigenvalue weighted by molar-refractivity contribution is 7.19. The van der Waals surface area contributed by atoms with Gasteiger partial charge in [-0.15, -0.1) is 23.2 Å². The molecule has 0 amide bonds. The molecular formula is C33H41ClO10S. The van der Waals surface area contributed by atoms with Gasteiger partial charge in [-0.2, -0.15) is 0 Å². The number of carboxylic acid groups (broad SMARTS) is 1. The summed E-state index contributed by atoms with van der Waals surface area (Å²) in [6.07, 6.45) is -3.81. The first kappa shape index (κ1) is 35.5. The molecule has 6 N–H and O–H groups in total. The third-order valence-electron chi connectivity index (χ3n) is 8.64. The van der Waals surface area contributed by atoms with Crippen molar-refractivity contribution in [3.63, 3.8) is 0 Å². The van der Waals surface area contributed by atoms with Gasteiger partial charge in [0.15, 0.2) is 6.29 Å². The quantitative estimate of drug-likeness (QED) is 0.112. The number of carboxylic acids is 1. The number of ether oxygens (including phenoxy) is 2. The summed E-state index contributed by atoms with van der Waals surface area (Å²) >= 11 is 8.22. The third kappa shape index (κ3) is 8.14. The maximum Gasteiger partial charge on any atom is 0.303 e. The van der Waals surface area contributed by atoms with Crippen LogP contribution in [0.4, 0.5) is 0 Å². The highest BCUT2D eigenvalue weighted by Crippen LogP contribution is 2.44. The van der Waals surface area contributed by atoms with Gasteiger partial charge < -0.3 is 40.1 Å². The van der Waals surface area contributed by atoms with Crippen LogP contribution in [0.25, 0.3) is 10.1 Å². The number of aryl methyl sites for hydroxylation is 1. The lowest BCUT2D eigenvalue weighted by Crippen LogP contribution is -2.59. The summed E-state index contributed by atoms with van der Waals surface area (Å²) in [5, 5.41) is 62.4. The molecule has 10 nitrogen and oxygen atoms in total. The number of ketones is 1. The fourth-order valence-electron chi connectivity index (χ4n) is 5.88. The Bertz CT molecular complexity index is 1430. The van der Waals surface area contributed by atoms with Crippen LogP contribution in [-0.4, -0.2) is 91.9 Å². The van der Waals surface area contributed by atoms with Crippen molar-refractivity contribution < 1.29 is 49.7 Å². The van der Waals surface area contributed by atoms with E-state index in [-0.39, 0.29) is 18.6 Å². The van der Waals surface area contributed by atoms with E-state index in [0.29, 0.717) is 30.7 Å².